The van der Waals surface area contributed by atoms with Crippen molar-refractivity contribution in [3.63, 3.8) is 0 Å². The molecule has 1 spiro atoms. The van der Waals surface area contributed by atoms with Gasteiger partial charge in [-0.1, -0.05) is 38.1 Å². The van der Waals surface area contributed by atoms with Gasteiger partial charge in [-0.15, -0.1) is 0 Å². The normalized spacial score (nSPS) is 33.1. The minimum atomic E-state index is -3.64. The van der Waals surface area contributed by atoms with Crippen LogP contribution in [0.1, 0.15) is 76.3 Å². The Labute approximate surface area is 230 Å². The minimum Gasteiger partial charge on any atom is -0.370 e. The molecular weight excluding hydrogens is 516 g/mol. The molecule has 5 aliphatic rings. The van der Waals surface area contributed by atoms with E-state index < -0.39 is 39.5 Å². The maximum atomic E-state index is 14.1. The van der Waals surface area contributed by atoms with Crippen LogP contribution in [-0.2, 0) is 31.4 Å². The Hall–Kier alpha value is -2.46. The van der Waals surface area contributed by atoms with Gasteiger partial charge in [-0.05, 0) is 79.2 Å². The van der Waals surface area contributed by atoms with E-state index in [2.05, 4.69) is 43.4 Å². The monoisotopic (exact) mass is 556 g/mol. The second kappa shape index (κ2) is 9.03. The van der Waals surface area contributed by atoms with E-state index in [0.29, 0.717) is 25.9 Å². The average Bonchev–Trinajstić information content (AvgIpc) is 3.52. The van der Waals surface area contributed by atoms with Crippen molar-refractivity contribution in [2.45, 2.75) is 89.1 Å². The molecule has 1 aromatic carbocycles. The SMILES string of the molecule is CC1(C)[C@@H]2CC[C@@]1(CS(=O)(=O)N1CCC3(CCc4ccccc43)CC1)[C@@H](N1C(=O)NC(CCC(N)=O)C1=O)C2. The highest BCUT2D eigenvalue weighted by Gasteiger charge is 2.69. The van der Waals surface area contributed by atoms with Gasteiger partial charge in [0.2, 0.25) is 15.9 Å². The lowest BCUT2D eigenvalue weighted by molar-refractivity contribution is -0.131. The third-order valence-corrected chi connectivity index (χ3v) is 13.4. The summed E-state index contributed by atoms with van der Waals surface area (Å²) in [5.41, 5.74) is 7.07. The van der Waals surface area contributed by atoms with E-state index in [1.807, 2.05) is 0 Å². The summed E-state index contributed by atoms with van der Waals surface area (Å²) in [7, 11) is -3.64. The van der Waals surface area contributed by atoms with Crippen LogP contribution in [0.15, 0.2) is 24.3 Å². The molecule has 4 fully saturated rings. The standard InChI is InChI=1S/C29H40N4O5S/c1-27(2)20-10-12-29(27,23(17-20)33-25(35)22(31-26(33)36)7-8-24(30)34)18-39(37,38)32-15-13-28(14-16-32)11-9-19-5-3-4-6-21(19)28/h3-6,20,22-23H,7-18H2,1-2H3,(H2,30,34)(H,31,36)/t20-,22?,23+,29-/m1/s1. The van der Waals surface area contributed by atoms with Crippen LogP contribution in [0, 0.1) is 16.7 Å². The first-order valence-electron chi connectivity index (χ1n) is 14.4. The van der Waals surface area contributed by atoms with E-state index in [1.54, 1.807) is 4.31 Å². The van der Waals surface area contributed by atoms with Crippen LogP contribution in [0.5, 0.6) is 0 Å². The van der Waals surface area contributed by atoms with Gasteiger partial charge in [0, 0.05) is 31.0 Å². The van der Waals surface area contributed by atoms with Crippen LogP contribution in [0.3, 0.4) is 0 Å². The van der Waals surface area contributed by atoms with Crippen molar-refractivity contribution in [2.75, 3.05) is 18.8 Å². The number of carbonyl (C=O) groups is 3. The van der Waals surface area contributed by atoms with Crippen molar-refractivity contribution in [1.29, 1.82) is 0 Å². The fourth-order valence-corrected chi connectivity index (χ4v) is 11.2. The fourth-order valence-electron chi connectivity index (χ4n) is 8.95. The molecule has 3 aliphatic carbocycles. The molecule has 2 saturated carbocycles. The molecular formula is C29H40N4O5S. The Balaban J connectivity index is 1.23. The molecule has 39 heavy (non-hydrogen) atoms. The first-order chi connectivity index (χ1) is 18.4. The van der Waals surface area contributed by atoms with Gasteiger partial charge in [-0.3, -0.25) is 14.5 Å². The minimum absolute atomic E-state index is 0.00373. The summed E-state index contributed by atoms with van der Waals surface area (Å²) in [5, 5.41) is 2.72. The van der Waals surface area contributed by atoms with Crippen molar-refractivity contribution >= 4 is 27.9 Å². The fraction of sp³-hybridized carbons (Fsp3) is 0.690. The van der Waals surface area contributed by atoms with Crippen molar-refractivity contribution in [3.05, 3.63) is 35.4 Å². The third-order valence-electron chi connectivity index (χ3n) is 11.4. The summed E-state index contributed by atoms with van der Waals surface area (Å²) >= 11 is 0. The summed E-state index contributed by atoms with van der Waals surface area (Å²) in [6.45, 7) is 5.23. The second-order valence-electron chi connectivity index (χ2n) is 13.2. The highest BCUT2D eigenvalue weighted by molar-refractivity contribution is 7.89. The van der Waals surface area contributed by atoms with Crippen molar-refractivity contribution in [1.82, 2.24) is 14.5 Å². The van der Waals surface area contributed by atoms with Gasteiger partial charge < -0.3 is 11.1 Å². The van der Waals surface area contributed by atoms with Crippen LogP contribution in [-0.4, -0.2) is 66.4 Å². The van der Waals surface area contributed by atoms with Crippen LogP contribution < -0.4 is 11.1 Å². The molecule has 1 unspecified atom stereocenters. The molecule has 9 nitrogen and oxygen atoms in total. The molecule has 4 amide bonds. The quantitative estimate of drug-likeness (QED) is 0.499. The number of piperidine rings is 1. The second-order valence-corrected chi connectivity index (χ2v) is 15.1. The number of hydrogen-bond acceptors (Lipinski definition) is 5. The van der Waals surface area contributed by atoms with E-state index in [0.717, 1.165) is 32.1 Å². The molecule has 212 valence electrons. The van der Waals surface area contributed by atoms with Crippen LogP contribution in [0.25, 0.3) is 0 Å². The number of rotatable bonds is 7. The molecule has 6 rings (SSSR count). The predicted octanol–water partition coefficient (Wildman–Crippen LogP) is 2.68. The molecule has 2 heterocycles. The predicted molar refractivity (Wildman–Crippen MR) is 146 cm³/mol. The first kappa shape index (κ1) is 26.7. The number of nitrogens with zero attached hydrogens (tertiary/aromatic N) is 2. The summed E-state index contributed by atoms with van der Waals surface area (Å²) in [4.78, 5) is 39.1. The zero-order valence-electron chi connectivity index (χ0n) is 22.9. The van der Waals surface area contributed by atoms with E-state index in [9.17, 15) is 22.8 Å². The van der Waals surface area contributed by atoms with E-state index in [4.69, 9.17) is 5.73 Å². The van der Waals surface area contributed by atoms with E-state index in [1.165, 1.54) is 16.0 Å². The molecule has 2 saturated heterocycles. The van der Waals surface area contributed by atoms with Gasteiger partial charge in [0.1, 0.15) is 6.04 Å². The van der Waals surface area contributed by atoms with Crippen LogP contribution >= 0.6 is 0 Å². The first-order valence-corrected chi connectivity index (χ1v) is 16.0. The van der Waals surface area contributed by atoms with Gasteiger partial charge in [-0.25, -0.2) is 17.5 Å². The molecule has 2 bridgehead atoms. The van der Waals surface area contributed by atoms with Gasteiger partial charge in [-0.2, -0.15) is 0 Å². The van der Waals surface area contributed by atoms with Crippen molar-refractivity contribution < 1.29 is 22.8 Å². The number of imide groups is 1. The van der Waals surface area contributed by atoms with Crippen molar-refractivity contribution in [2.24, 2.45) is 22.5 Å². The lowest BCUT2D eigenvalue weighted by Gasteiger charge is -2.46. The van der Waals surface area contributed by atoms with Crippen LogP contribution in [0.2, 0.25) is 0 Å². The average molecular weight is 557 g/mol. The molecule has 10 heteroatoms. The van der Waals surface area contributed by atoms with Gasteiger partial charge in [0.15, 0.2) is 0 Å². The summed E-state index contributed by atoms with van der Waals surface area (Å²) in [6.07, 6.45) is 6.10. The maximum absolute atomic E-state index is 14.1. The lowest BCUT2D eigenvalue weighted by atomic mass is 9.68. The maximum Gasteiger partial charge on any atom is 0.325 e. The van der Waals surface area contributed by atoms with Gasteiger partial charge in [0.25, 0.3) is 5.91 Å². The Kier molecular flexibility index (Phi) is 6.19. The lowest BCUT2D eigenvalue weighted by Crippen LogP contribution is -2.56. The number of primary amides is 1. The van der Waals surface area contributed by atoms with E-state index in [-0.39, 0.29) is 41.2 Å². The number of nitrogens with two attached hydrogens (primary N) is 1. The van der Waals surface area contributed by atoms with Crippen molar-refractivity contribution in [3.8, 4) is 0 Å². The zero-order valence-corrected chi connectivity index (χ0v) is 23.8. The highest BCUT2D eigenvalue weighted by atomic mass is 32.2. The number of benzene rings is 1. The molecule has 0 aromatic heterocycles. The molecule has 4 atom stereocenters. The number of nitrogens with one attached hydrogen (secondary N) is 1. The Morgan fingerprint density at radius 2 is 1.82 bits per heavy atom. The number of fused-ring (bicyclic) bond motifs is 4. The summed E-state index contributed by atoms with van der Waals surface area (Å²) in [5.74, 6) is -0.710. The van der Waals surface area contributed by atoms with E-state index >= 15 is 0 Å². The van der Waals surface area contributed by atoms with Gasteiger partial charge >= 0.3 is 6.03 Å². The van der Waals surface area contributed by atoms with Gasteiger partial charge in [0.05, 0.1) is 5.75 Å². The Morgan fingerprint density at radius 3 is 2.51 bits per heavy atom. The Morgan fingerprint density at radius 1 is 1.10 bits per heavy atom. The number of sulfonamides is 1. The largest absolute Gasteiger partial charge is 0.370 e. The summed E-state index contributed by atoms with van der Waals surface area (Å²) < 4.78 is 29.9. The number of carbonyl (C=O) groups excluding carboxylic acids is 3. The zero-order chi connectivity index (χ0) is 27.8. The molecule has 2 aliphatic heterocycles. The number of urea groups is 1. The Bertz CT molecular complexity index is 1320. The topological polar surface area (TPSA) is 130 Å². The molecule has 3 N–H and O–H groups in total. The number of amides is 4. The summed E-state index contributed by atoms with van der Waals surface area (Å²) in [6, 6.07) is 6.81. The molecule has 1 aromatic rings. The smallest absolute Gasteiger partial charge is 0.325 e. The highest BCUT2D eigenvalue weighted by Crippen LogP contribution is 2.67. The number of hydrogen-bond donors (Lipinski definition) is 2. The molecule has 0 radical (unpaired) electrons. The third kappa shape index (κ3) is 3.96. The van der Waals surface area contributed by atoms with Crippen LogP contribution in [0.4, 0.5) is 4.79 Å². The number of aryl methyl sites for hydroxylation is 1.